The Bertz CT molecular complexity index is 592. The summed E-state index contributed by atoms with van der Waals surface area (Å²) in [4.78, 5) is 14.5. The Balaban J connectivity index is 1.76. The van der Waals surface area contributed by atoms with Gasteiger partial charge in [-0.3, -0.25) is 9.89 Å². The molecule has 1 aromatic heterocycles. The highest BCUT2D eigenvalue weighted by Crippen LogP contribution is 2.16. The average molecular weight is 258 g/mol. The quantitative estimate of drug-likeness (QED) is 0.855. The van der Waals surface area contributed by atoms with E-state index in [0.29, 0.717) is 5.69 Å². The topological polar surface area (TPSA) is 61.0 Å². The number of rotatable bonds is 2. The maximum Gasteiger partial charge on any atom is 0.272 e. The van der Waals surface area contributed by atoms with Crippen LogP contribution in [0.25, 0.3) is 10.9 Å². The van der Waals surface area contributed by atoms with Crippen LogP contribution in [-0.4, -0.2) is 47.2 Å². The van der Waals surface area contributed by atoms with Crippen molar-refractivity contribution in [3.63, 3.8) is 0 Å². The van der Waals surface area contributed by atoms with Gasteiger partial charge in [-0.2, -0.15) is 5.10 Å². The minimum absolute atomic E-state index is 0.0854. The smallest absolute Gasteiger partial charge is 0.272 e. The molecule has 2 aromatic rings. The summed E-state index contributed by atoms with van der Waals surface area (Å²) in [5, 5.41) is 11.0. The average Bonchev–Trinajstić information content (AvgIpc) is 2.82. The summed E-state index contributed by atoms with van der Waals surface area (Å²) in [6.45, 7) is 2.02. The number of benzene rings is 1. The fourth-order valence-corrected chi connectivity index (χ4v) is 2.67. The molecule has 5 nitrogen and oxygen atoms in total. The number of hydrogen-bond donors (Lipinski definition) is 2. The van der Waals surface area contributed by atoms with Crippen molar-refractivity contribution in [3.8, 4) is 0 Å². The first-order valence-electron chi connectivity index (χ1n) is 6.66. The summed E-state index contributed by atoms with van der Waals surface area (Å²) in [6, 6.07) is 7.91. The molecule has 3 rings (SSSR count). The van der Waals surface area contributed by atoms with E-state index in [1.807, 2.05) is 24.3 Å². The number of aromatic nitrogens is 2. The highest BCUT2D eigenvalue weighted by molar-refractivity contribution is 6.04. The molecule has 1 aromatic carbocycles. The molecule has 0 spiro atoms. The number of likely N-dealkylation sites (N-methyl/N-ethyl adjacent to an activating group) is 1. The SMILES string of the molecule is CN1CCCC(NC(=O)c2n[nH]c3ccccc23)C1. The van der Waals surface area contributed by atoms with Gasteiger partial charge in [0.25, 0.3) is 5.91 Å². The van der Waals surface area contributed by atoms with Crippen molar-refractivity contribution in [2.24, 2.45) is 0 Å². The Labute approximate surface area is 112 Å². The van der Waals surface area contributed by atoms with Gasteiger partial charge in [-0.05, 0) is 32.5 Å². The number of carbonyl (C=O) groups is 1. The minimum atomic E-state index is -0.0854. The van der Waals surface area contributed by atoms with Crippen LogP contribution in [-0.2, 0) is 0 Å². The molecule has 1 aliphatic rings. The van der Waals surface area contributed by atoms with E-state index in [1.54, 1.807) is 0 Å². The zero-order valence-corrected chi connectivity index (χ0v) is 11.0. The summed E-state index contributed by atoms with van der Waals surface area (Å²) in [7, 11) is 2.09. The molecule has 0 bridgehead atoms. The molecule has 1 atom stereocenters. The monoisotopic (exact) mass is 258 g/mol. The summed E-state index contributed by atoms with van der Waals surface area (Å²) < 4.78 is 0. The maximum atomic E-state index is 12.3. The van der Waals surface area contributed by atoms with Crippen LogP contribution < -0.4 is 5.32 Å². The summed E-state index contributed by atoms with van der Waals surface area (Å²) in [6.07, 6.45) is 2.17. The van der Waals surface area contributed by atoms with Gasteiger partial charge in [-0.1, -0.05) is 18.2 Å². The van der Waals surface area contributed by atoms with Crippen LogP contribution >= 0.6 is 0 Å². The van der Waals surface area contributed by atoms with Crippen molar-refractivity contribution in [1.82, 2.24) is 20.4 Å². The molecule has 1 aliphatic heterocycles. The van der Waals surface area contributed by atoms with Gasteiger partial charge in [0.15, 0.2) is 5.69 Å². The van der Waals surface area contributed by atoms with Crippen LogP contribution in [0.2, 0.25) is 0 Å². The van der Waals surface area contributed by atoms with Crippen LogP contribution in [0.3, 0.4) is 0 Å². The van der Waals surface area contributed by atoms with Crippen LogP contribution in [0.15, 0.2) is 24.3 Å². The standard InChI is InChI=1S/C14H18N4O/c1-18-8-4-5-10(9-18)15-14(19)13-11-6-2-3-7-12(11)16-17-13/h2-3,6-7,10H,4-5,8-9H2,1H3,(H,15,19)(H,16,17). The molecule has 1 fully saturated rings. The maximum absolute atomic E-state index is 12.3. The van der Waals surface area contributed by atoms with Crippen molar-refractivity contribution in [2.75, 3.05) is 20.1 Å². The second kappa shape index (κ2) is 5.01. The second-order valence-electron chi connectivity index (χ2n) is 5.19. The van der Waals surface area contributed by atoms with E-state index in [2.05, 4.69) is 27.5 Å². The number of hydrogen-bond acceptors (Lipinski definition) is 3. The third kappa shape index (κ3) is 2.46. The van der Waals surface area contributed by atoms with Gasteiger partial charge < -0.3 is 10.2 Å². The lowest BCUT2D eigenvalue weighted by atomic mass is 10.1. The molecule has 1 unspecified atom stereocenters. The van der Waals surface area contributed by atoms with E-state index in [4.69, 9.17) is 0 Å². The number of fused-ring (bicyclic) bond motifs is 1. The van der Waals surface area contributed by atoms with E-state index < -0.39 is 0 Å². The van der Waals surface area contributed by atoms with Gasteiger partial charge in [0.2, 0.25) is 0 Å². The van der Waals surface area contributed by atoms with Gasteiger partial charge in [0.05, 0.1) is 5.52 Å². The highest BCUT2D eigenvalue weighted by Gasteiger charge is 2.21. The predicted molar refractivity (Wildman–Crippen MR) is 74.1 cm³/mol. The predicted octanol–water partition coefficient (Wildman–Crippen LogP) is 1.39. The first kappa shape index (κ1) is 12.2. The lowest BCUT2D eigenvalue weighted by molar-refractivity contribution is 0.0909. The number of para-hydroxylation sites is 1. The van der Waals surface area contributed by atoms with E-state index in [1.165, 1.54) is 0 Å². The summed E-state index contributed by atoms with van der Waals surface area (Å²) in [5.41, 5.74) is 1.39. The lowest BCUT2D eigenvalue weighted by Crippen LogP contribution is -2.46. The zero-order chi connectivity index (χ0) is 13.2. The number of aromatic amines is 1. The Kier molecular flexibility index (Phi) is 3.21. The Morgan fingerprint density at radius 1 is 1.47 bits per heavy atom. The minimum Gasteiger partial charge on any atom is -0.347 e. The first-order chi connectivity index (χ1) is 9.24. The molecule has 19 heavy (non-hydrogen) atoms. The van der Waals surface area contributed by atoms with Crippen LogP contribution in [0.1, 0.15) is 23.3 Å². The fourth-order valence-electron chi connectivity index (χ4n) is 2.67. The fraction of sp³-hybridized carbons (Fsp3) is 0.429. The van der Waals surface area contributed by atoms with Crippen LogP contribution in [0.5, 0.6) is 0 Å². The summed E-state index contributed by atoms with van der Waals surface area (Å²) in [5.74, 6) is -0.0854. The first-order valence-corrected chi connectivity index (χ1v) is 6.66. The molecule has 2 N–H and O–H groups in total. The van der Waals surface area contributed by atoms with Crippen molar-refractivity contribution >= 4 is 16.8 Å². The third-order valence-electron chi connectivity index (χ3n) is 3.65. The Morgan fingerprint density at radius 3 is 3.16 bits per heavy atom. The lowest BCUT2D eigenvalue weighted by Gasteiger charge is -2.29. The number of likely N-dealkylation sites (tertiary alicyclic amines) is 1. The van der Waals surface area contributed by atoms with Gasteiger partial charge >= 0.3 is 0 Å². The van der Waals surface area contributed by atoms with Crippen LogP contribution in [0.4, 0.5) is 0 Å². The Hall–Kier alpha value is -1.88. The zero-order valence-electron chi connectivity index (χ0n) is 11.0. The number of nitrogens with one attached hydrogen (secondary N) is 2. The number of nitrogens with zero attached hydrogens (tertiary/aromatic N) is 2. The molecular formula is C14H18N4O. The van der Waals surface area contributed by atoms with Gasteiger partial charge in [-0.25, -0.2) is 0 Å². The number of amides is 1. The highest BCUT2D eigenvalue weighted by atomic mass is 16.2. The molecule has 2 heterocycles. The molecule has 0 saturated carbocycles. The third-order valence-corrected chi connectivity index (χ3v) is 3.65. The number of piperidine rings is 1. The molecule has 5 heteroatoms. The van der Waals surface area contributed by atoms with E-state index in [-0.39, 0.29) is 11.9 Å². The molecule has 0 aliphatic carbocycles. The van der Waals surface area contributed by atoms with Gasteiger partial charge in [0.1, 0.15) is 0 Å². The molecule has 100 valence electrons. The van der Waals surface area contributed by atoms with E-state index in [9.17, 15) is 4.79 Å². The normalized spacial score (nSPS) is 20.6. The van der Waals surface area contributed by atoms with Gasteiger partial charge in [-0.15, -0.1) is 0 Å². The molecular weight excluding hydrogens is 240 g/mol. The van der Waals surface area contributed by atoms with Crippen molar-refractivity contribution in [2.45, 2.75) is 18.9 Å². The molecule has 1 amide bonds. The second-order valence-corrected chi connectivity index (χ2v) is 5.19. The number of H-pyrrole nitrogens is 1. The molecule has 1 saturated heterocycles. The van der Waals surface area contributed by atoms with Crippen molar-refractivity contribution in [1.29, 1.82) is 0 Å². The Morgan fingerprint density at radius 2 is 2.32 bits per heavy atom. The molecule has 0 radical (unpaired) electrons. The van der Waals surface area contributed by atoms with Crippen LogP contribution in [0, 0.1) is 0 Å². The summed E-state index contributed by atoms with van der Waals surface area (Å²) >= 11 is 0. The number of carbonyl (C=O) groups excluding carboxylic acids is 1. The van der Waals surface area contributed by atoms with E-state index >= 15 is 0 Å². The van der Waals surface area contributed by atoms with Crippen molar-refractivity contribution < 1.29 is 4.79 Å². The van der Waals surface area contributed by atoms with Gasteiger partial charge in [0, 0.05) is 18.0 Å². The van der Waals surface area contributed by atoms with Crippen molar-refractivity contribution in [3.05, 3.63) is 30.0 Å². The largest absolute Gasteiger partial charge is 0.347 e. The van der Waals surface area contributed by atoms with E-state index in [0.717, 1.165) is 36.8 Å².